The van der Waals surface area contributed by atoms with Crippen LogP contribution in [0.2, 0.25) is 0 Å². The second-order valence-corrected chi connectivity index (χ2v) is 17.8. The number of hydrogen-bond acceptors (Lipinski definition) is 10. The highest BCUT2D eigenvalue weighted by molar-refractivity contribution is 7.87. The molecular weight excluding hydrogens is 1060 g/mol. The normalized spacial score (nSPS) is 15.1. The van der Waals surface area contributed by atoms with Gasteiger partial charge in [0.1, 0.15) is 0 Å². The van der Waals surface area contributed by atoms with Crippen molar-refractivity contribution < 1.29 is 69.1 Å². The Balaban J connectivity index is 1.74. The first kappa shape index (κ1) is 53.1. The van der Waals surface area contributed by atoms with Crippen LogP contribution in [0.1, 0.15) is 33.4 Å². The van der Waals surface area contributed by atoms with E-state index in [4.69, 9.17) is 34.7 Å². The smallest absolute Gasteiger partial charge is 0.345 e. The highest BCUT2D eigenvalue weighted by Crippen LogP contribution is 2.52. The SMILES string of the molecule is [C-]#[N+]/C(C#N)=C1/C(=Cc2cc(OS(=O)(=O)c3c(F)c(F)c(F)c(F)c3F)c(C=C3/C(=C(/C#N)[N+]#[C-])c4ccccc4/C3=C(\C#N)[N+]#[C-])cc2OS(=O)(=O)c2c(F)c(F)c(F)c(F)c2F)/C(=C(\C#N)[N+]#[C-])c2ccccc21. The van der Waals surface area contributed by atoms with Gasteiger partial charge in [0.05, 0.1) is 50.6 Å². The Morgan fingerprint density at radius 2 is 0.645 bits per heavy atom. The maximum atomic E-state index is 15.4. The molecule has 0 N–H and O–H groups in total. The van der Waals surface area contributed by atoms with Crippen LogP contribution in [0.25, 0.3) is 53.8 Å². The molecule has 26 heteroatoms. The average molecular weight is 1070 g/mol. The van der Waals surface area contributed by atoms with Crippen LogP contribution in [-0.4, -0.2) is 16.8 Å². The lowest BCUT2D eigenvalue weighted by Gasteiger charge is -2.18. The molecule has 0 saturated carbocycles. The zero-order chi connectivity index (χ0) is 55.9. The molecule has 0 bridgehead atoms. The molecule has 5 aromatic rings. The van der Waals surface area contributed by atoms with E-state index in [9.17, 15) is 64.2 Å². The summed E-state index contributed by atoms with van der Waals surface area (Å²) in [5.74, 6) is -32.2. The summed E-state index contributed by atoms with van der Waals surface area (Å²) in [7, 11) is -13.1. The van der Waals surface area contributed by atoms with Gasteiger partial charge in [-0.05, 0) is 57.7 Å². The fourth-order valence-electron chi connectivity index (χ4n) is 7.73. The van der Waals surface area contributed by atoms with Gasteiger partial charge in [-0.15, -0.1) is 0 Å². The number of allylic oxidation sites excluding steroid dienone is 10. The van der Waals surface area contributed by atoms with Gasteiger partial charge >= 0.3 is 20.2 Å². The molecule has 0 saturated heterocycles. The van der Waals surface area contributed by atoms with E-state index in [-0.39, 0.29) is 34.4 Å². The molecule has 0 heterocycles. The van der Waals surface area contributed by atoms with Gasteiger partial charge in [0.15, 0.2) is 67.8 Å². The Hall–Kier alpha value is -10.7. The van der Waals surface area contributed by atoms with Crippen LogP contribution in [0.15, 0.2) is 104 Å². The van der Waals surface area contributed by atoms with E-state index in [1.54, 1.807) is 24.3 Å². The second kappa shape index (κ2) is 20.0. The zero-order valence-corrected chi connectivity index (χ0v) is 38.2. The summed E-state index contributed by atoms with van der Waals surface area (Å²) in [6, 6.07) is 17.0. The maximum Gasteiger partial charge on any atom is 0.345 e. The second-order valence-electron chi connectivity index (χ2n) is 14.8. The zero-order valence-electron chi connectivity index (χ0n) is 36.6. The standard InChI is InChI=1S/C50H12F10N8O6S2/c1-65-29(17-61)35-23-9-5-6-10-24(23)36(30(18-62)66-2)27(35)13-21-15-34(74-76(71,72)50-47(59)43(55)40(52)44(56)48(50)60)22(16-33(21)73-75(69,70)49-45(57)41(53)39(51)42(54)46(49)58)14-28-37(31(19-63)67-3)25-11-7-8-12-26(25)38(28)32(20-64)68-4/h5-16H/b35-29-,36-30-,37-31+,38-32+. The Kier molecular flexibility index (Phi) is 14.0. The topological polar surface area (TPSA) is 199 Å². The lowest BCUT2D eigenvalue weighted by Crippen LogP contribution is -2.19. The summed E-state index contributed by atoms with van der Waals surface area (Å²) >= 11 is 0. The van der Waals surface area contributed by atoms with Gasteiger partial charge in [-0.25, -0.2) is 84.3 Å². The summed E-state index contributed by atoms with van der Waals surface area (Å²) in [6.07, 6.45) is 1.13. The molecule has 0 fully saturated rings. The van der Waals surface area contributed by atoms with Crippen molar-refractivity contribution in [1.82, 2.24) is 0 Å². The van der Waals surface area contributed by atoms with Crippen molar-refractivity contribution in [1.29, 1.82) is 21.0 Å². The molecule has 0 spiro atoms. The van der Waals surface area contributed by atoms with Gasteiger partial charge in [-0.2, -0.15) is 16.8 Å². The third-order valence-electron chi connectivity index (χ3n) is 10.8. The van der Waals surface area contributed by atoms with E-state index >= 15 is 17.6 Å². The van der Waals surface area contributed by atoms with Crippen LogP contribution >= 0.6 is 0 Å². The van der Waals surface area contributed by atoms with Gasteiger partial charge < -0.3 is 8.37 Å². The van der Waals surface area contributed by atoms with E-state index in [2.05, 4.69) is 19.4 Å². The minimum atomic E-state index is -6.53. The van der Waals surface area contributed by atoms with Crippen molar-refractivity contribution in [2.24, 2.45) is 0 Å². The Bertz CT molecular complexity index is 3830. The maximum absolute atomic E-state index is 15.4. The van der Waals surface area contributed by atoms with Crippen molar-refractivity contribution in [3.05, 3.63) is 232 Å². The number of halogens is 10. The summed E-state index contributed by atoms with van der Waals surface area (Å²) in [5, 5.41) is 40.5. The molecule has 2 aliphatic carbocycles. The van der Waals surface area contributed by atoms with Crippen molar-refractivity contribution in [3.8, 4) is 35.8 Å². The molecule has 370 valence electrons. The molecule has 0 aromatic heterocycles. The van der Waals surface area contributed by atoms with Gasteiger partial charge in [0.2, 0.25) is 11.6 Å². The molecule has 14 nitrogen and oxygen atoms in total. The first-order valence-corrected chi connectivity index (χ1v) is 22.7. The quantitative estimate of drug-likeness (QED) is 0.0360. The average Bonchev–Trinajstić information content (AvgIpc) is 3.91. The molecule has 2 aliphatic rings. The van der Waals surface area contributed by atoms with E-state index in [1.807, 2.05) is 0 Å². The van der Waals surface area contributed by atoms with E-state index < -0.39 is 167 Å². The molecule has 0 amide bonds. The van der Waals surface area contributed by atoms with Crippen LogP contribution < -0.4 is 8.37 Å². The lowest BCUT2D eigenvalue weighted by molar-refractivity contribution is 0.352. The molecule has 0 unspecified atom stereocenters. The molecule has 5 aromatic carbocycles. The number of hydrogen-bond donors (Lipinski definition) is 0. The van der Waals surface area contributed by atoms with Crippen LogP contribution in [0.5, 0.6) is 11.5 Å². The minimum absolute atomic E-state index is 0.114. The van der Waals surface area contributed by atoms with Crippen LogP contribution in [-0.2, 0) is 20.2 Å². The van der Waals surface area contributed by atoms with Gasteiger partial charge in [0.25, 0.3) is 22.8 Å². The Morgan fingerprint density at radius 3 is 0.855 bits per heavy atom. The van der Waals surface area contributed by atoms with Crippen molar-refractivity contribution in [2.75, 3.05) is 0 Å². The summed E-state index contributed by atoms with van der Waals surface area (Å²) in [6.45, 7) is 31.1. The van der Waals surface area contributed by atoms with E-state index in [0.717, 1.165) is 0 Å². The van der Waals surface area contributed by atoms with Crippen LogP contribution in [0.4, 0.5) is 43.9 Å². The molecule has 0 radical (unpaired) electrons. The predicted molar refractivity (Wildman–Crippen MR) is 240 cm³/mol. The largest absolute Gasteiger partial charge is 0.378 e. The van der Waals surface area contributed by atoms with Gasteiger partial charge in [-0.1, -0.05) is 48.5 Å². The van der Waals surface area contributed by atoms with Crippen molar-refractivity contribution in [3.63, 3.8) is 0 Å². The number of fused-ring (bicyclic) bond motifs is 2. The summed E-state index contributed by atoms with van der Waals surface area (Å²) < 4.78 is 215. The molecular formula is C50H12F10N8O6S2. The Labute approximate surface area is 420 Å². The van der Waals surface area contributed by atoms with Crippen LogP contribution in [0.3, 0.4) is 0 Å². The summed E-state index contributed by atoms with van der Waals surface area (Å²) in [5.41, 5.74) is -9.52. The predicted octanol–water partition coefficient (Wildman–Crippen LogP) is 11.4. The first-order valence-electron chi connectivity index (χ1n) is 19.9. The first-order chi connectivity index (χ1) is 36.0. The third kappa shape index (κ3) is 8.56. The number of nitriles is 4. The molecule has 0 atom stereocenters. The molecule has 7 rings (SSSR count). The number of rotatable bonds is 8. The Morgan fingerprint density at radius 1 is 0.421 bits per heavy atom. The van der Waals surface area contributed by atoms with Crippen molar-refractivity contribution >= 4 is 54.7 Å². The van der Waals surface area contributed by atoms with Crippen LogP contribution in [0, 0.1) is 130 Å². The van der Waals surface area contributed by atoms with E-state index in [1.165, 1.54) is 48.5 Å². The molecule has 0 aliphatic heterocycles. The summed E-state index contributed by atoms with van der Waals surface area (Å²) in [4.78, 5) is 7.24. The van der Waals surface area contributed by atoms with E-state index in [0.29, 0.717) is 12.2 Å². The lowest BCUT2D eigenvalue weighted by atomic mass is 9.95. The highest BCUT2D eigenvalue weighted by Gasteiger charge is 2.40. The monoisotopic (exact) mass is 1070 g/mol. The molecule has 76 heavy (non-hydrogen) atoms. The third-order valence-corrected chi connectivity index (χ3v) is 13.3. The highest BCUT2D eigenvalue weighted by atomic mass is 32.2. The minimum Gasteiger partial charge on any atom is -0.378 e. The number of benzene rings is 5. The van der Waals surface area contributed by atoms with Gasteiger partial charge in [-0.3, -0.25) is 0 Å². The van der Waals surface area contributed by atoms with Gasteiger partial charge in [0, 0.05) is 33.4 Å². The fourth-order valence-corrected chi connectivity index (χ4v) is 9.89. The number of nitrogens with zero attached hydrogens (tertiary/aromatic N) is 8. The fraction of sp³-hybridized carbons (Fsp3) is 0. The van der Waals surface area contributed by atoms with Crippen molar-refractivity contribution in [2.45, 2.75) is 9.79 Å².